The highest BCUT2D eigenvalue weighted by molar-refractivity contribution is 5.80. The van der Waals surface area contributed by atoms with Gasteiger partial charge in [-0.15, -0.1) is 0 Å². The van der Waals surface area contributed by atoms with E-state index in [4.69, 9.17) is 5.11 Å². The average molecular weight is 489 g/mol. The second-order valence-electron chi connectivity index (χ2n) is 7.84. The molecule has 0 atom stereocenters. The maximum Gasteiger partial charge on any atom is 0.416 e. The van der Waals surface area contributed by atoms with Crippen LogP contribution in [0.3, 0.4) is 0 Å². The van der Waals surface area contributed by atoms with E-state index < -0.39 is 17.6 Å². The van der Waals surface area contributed by atoms with E-state index in [0.717, 1.165) is 18.3 Å². The zero-order chi connectivity index (χ0) is 24.8. The van der Waals surface area contributed by atoms with Crippen molar-refractivity contribution in [1.82, 2.24) is 19.9 Å². The van der Waals surface area contributed by atoms with Crippen LogP contribution in [0.2, 0.25) is 0 Å². The number of β-amino-alcohol motifs (C(OH)–C–C–N with tert-alkyl or cyclic N) is 1. The molecule has 2 N–H and O–H groups in total. The van der Waals surface area contributed by atoms with Gasteiger partial charge in [-0.2, -0.15) is 23.3 Å². The molecule has 0 saturated carbocycles. The number of hydrogen-bond donors (Lipinski definition) is 2. The molecule has 35 heavy (non-hydrogen) atoms. The summed E-state index contributed by atoms with van der Waals surface area (Å²) in [5.41, 5.74) is 3.25. The third-order valence-electron chi connectivity index (χ3n) is 5.48. The lowest BCUT2D eigenvalue weighted by molar-refractivity contribution is -0.137. The molecule has 0 spiro atoms. The quantitative estimate of drug-likeness (QED) is 0.299. The molecule has 0 unspecified atom stereocenters. The second-order valence-corrected chi connectivity index (χ2v) is 7.84. The van der Waals surface area contributed by atoms with Crippen LogP contribution in [0.5, 0.6) is 0 Å². The number of aliphatic hydroxyl groups excluding tert-OH is 1. The number of aliphatic hydroxyl groups is 1. The lowest BCUT2D eigenvalue weighted by Crippen LogP contribution is -2.47. The number of anilines is 2. The first-order chi connectivity index (χ1) is 16.8. The molecule has 12 heteroatoms. The Hall–Kier alpha value is -3.64. The zero-order valence-corrected chi connectivity index (χ0v) is 18.6. The first-order valence-corrected chi connectivity index (χ1v) is 10.9. The van der Waals surface area contributed by atoms with Gasteiger partial charge >= 0.3 is 6.18 Å². The Balaban J connectivity index is 1.44. The van der Waals surface area contributed by atoms with Crippen LogP contribution in [0.15, 0.2) is 53.9 Å². The van der Waals surface area contributed by atoms with Gasteiger partial charge in [-0.05, 0) is 35.4 Å². The molecule has 1 saturated heterocycles. The molecule has 0 radical (unpaired) electrons. The number of pyridine rings is 1. The van der Waals surface area contributed by atoms with Crippen LogP contribution in [-0.4, -0.2) is 70.5 Å². The summed E-state index contributed by atoms with van der Waals surface area (Å²) < 4.78 is 53.4. The van der Waals surface area contributed by atoms with Crippen molar-refractivity contribution in [2.75, 3.05) is 49.7 Å². The Morgan fingerprint density at radius 3 is 2.57 bits per heavy atom. The number of halogens is 4. The van der Waals surface area contributed by atoms with Gasteiger partial charge in [0.05, 0.1) is 30.3 Å². The minimum Gasteiger partial charge on any atom is -0.395 e. The number of hydrogen-bond acceptors (Lipinski definition) is 8. The monoisotopic (exact) mass is 489 g/mol. The van der Waals surface area contributed by atoms with Gasteiger partial charge in [0.1, 0.15) is 0 Å². The van der Waals surface area contributed by atoms with Gasteiger partial charge in [-0.25, -0.2) is 14.8 Å². The highest BCUT2D eigenvalue weighted by atomic mass is 19.4. The average Bonchev–Trinajstić information content (AvgIpc) is 2.86. The molecule has 3 heterocycles. The van der Waals surface area contributed by atoms with E-state index in [1.54, 1.807) is 23.1 Å². The van der Waals surface area contributed by atoms with Crippen LogP contribution >= 0.6 is 0 Å². The minimum absolute atomic E-state index is 0.0750. The van der Waals surface area contributed by atoms with E-state index in [1.807, 2.05) is 0 Å². The summed E-state index contributed by atoms with van der Waals surface area (Å²) in [7, 11) is 0. The minimum atomic E-state index is -4.43. The molecule has 4 rings (SSSR count). The SMILES string of the molecule is OCCN1CCN(c2nc(N/N=C/c3cc(-c4cccc(C(F)(F)F)c4)ccn3)ncc2F)CC1. The lowest BCUT2D eigenvalue weighted by Gasteiger charge is -2.35. The van der Waals surface area contributed by atoms with Gasteiger partial charge in [-0.1, -0.05) is 12.1 Å². The number of piperazine rings is 1. The van der Waals surface area contributed by atoms with Gasteiger partial charge in [0.2, 0.25) is 5.95 Å². The molecule has 2 aromatic heterocycles. The van der Waals surface area contributed by atoms with Crippen molar-refractivity contribution in [2.45, 2.75) is 6.18 Å². The Bertz CT molecular complexity index is 1180. The number of hydrazone groups is 1. The largest absolute Gasteiger partial charge is 0.416 e. The van der Waals surface area contributed by atoms with Gasteiger partial charge < -0.3 is 10.0 Å². The predicted octanol–water partition coefficient (Wildman–Crippen LogP) is 3.26. The van der Waals surface area contributed by atoms with Crippen LogP contribution in [0, 0.1) is 5.82 Å². The summed E-state index contributed by atoms with van der Waals surface area (Å²) in [6.07, 6.45) is -0.526. The number of benzene rings is 1. The van der Waals surface area contributed by atoms with Crippen molar-refractivity contribution in [3.05, 3.63) is 65.9 Å². The first kappa shape index (κ1) is 24.5. The highest BCUT2D eigenvalue weighted by Gasteiger charge is 2.30. The Morgan fingerprint density at radius 1 is 1.06 bits per heavy atom. The van der Waals surface area contributed by atoms with Gasteiger partial charge in [-0.3, -0.25) is 9.88 Å². The molecule has 184 valence electrons. The number of alkyl halides is 3. The summed E-state index contributed by atoms with van der Waals surface area (Å²) in [6, 6.07) is 8.24. The molecule has 8 nitrogen and oxygen atoms in total. The van der Waals surface area contributed by atoms with Crippen LogP contribution in [-0.2, 0) is 6.18 Å². The summed E-state index contributed by atoms with van der Waals surface area (Å²) in [5, 5.41) is 13.1. The third kappa shape index (κ3) is 6.28. The fourth-order valence-electron chi connectivity index (χ4n) is 3.69. The van der Waals surface area contributed by atoms with E-state index in [-0.39, 0.29) is 18.4 Å². The molecule has 1 aromatic carbocycles. The molecule has 3 aromatic rings. The van der Waals surface area contributed by atoms with Crippen molar-refractivity contribution in [2.24, 2.45) is 5.10 Å². The molecular formula is C23H23F4N7O. The standard InChI is InChI=1S/C23H23F4N7O/c24-20-15-29-22(31-21(20)34-8-6-33(7-9-34)10-11-35)32-30-14-19-13-17(4-5-28-19)16-2-1-3-18(12-16)23(25,26)27/h1-5,12-15,35H,6-11H2,(H,29,31,32)/b30-14+. The van der Waals surface area contributed by atoms with Crippen molar-refractivity contribution < 1.29 is 22.7 Å². The Kier molecular flexibility index (Phi) is 7.51. The summed E-state index contributed by atoms with van der Waals surface area (Å²) >= 11 is 0. The van der Waals surface area contributed by atoms with E-state index in [0.29, 0.717) is 49.5 Å². The molecular weight excluding hydrogens is 466 g/mol. The molecule has 0 bridgehead atoms. The summed E-state index contributed by atoms with van der Waals surface area (Å²) in [5.74, 6) is -0.305. The predicted molar refractivity (Wildman–Crippen MR) is 124 cm³/mol. The molecule has 1 fully saturated rings. The van der Waals surface area contributed by atoms with E-state index >= 15 is 0 Å². The van der Waals surface area contributed by atoms with Crippen LogP contribution in [0.1, 0.15) is 11.3 Å². The van der Waals surface area contributed by atoms with E-state index in [2.05, 4.69) is 30.4 Å². The van der Waals surface area contributed by atoms with E-state index in [1.165, 1.54) is 18.5 Å². The maximum atomic E-state index is 14.3. The Labute approximate surface area is 199 Å². The number of rotatable bonds is 7. The summed E-state index contributed by atoms with van der Waals surface area (Å²) in [4.78, 5) is 16.2. The molecule has 0 amide bonds. The fraction of sp³-hybridized carbons (Fsp3) is 0.304. The summed E-state index contributed by atoms with van der Waals surface area (Å²) in [6.45, 7) is 3.12. The number of nitrogens with one attached hydrogen (secondary N) is 1. The maximum absolute atomic E-state index is 14.3. The number of nitrogens with zero attached hydrogens (tertiary/aromatic N) is 6. The van der Waals surface area contributed by atoms with Crippen LogP contribution in [0.4, 0.5) is 29.3 Å². The van der Waals surface area contributed by atoms with Gasteiger partial charge in [0.15, 0.2) is 11.6 Å². The molecule has 1 aliphatic heterocycles. The third-order valence-corrected chi connectivity index (χ3v) is 5.48. The smallest absolute Gasteiger partial charge is 0.395 e. The zero-order valence-electron chi connectivity index (χ0n) is 18.6. The van der Waals surface area contributed by atoms with Crippen molar-refractivity contribution >= 4 is 18.0 Å². The fourth-order valence-corrected chi connectivity index (χ4v) is 3.69. The van der Waals surface area contributed by atoms with Crippen molar-refractivity contribution in [1.29, 1.82) is 0 Å². The van der Waals surface area contributed by atoms with Crippen molar-refractivity contribution in [3.63, 3.8) is 0 Å². The normalized spacial score (nSPS) is 15.1. The second kappa shape index (κ2) is 10.7. The lowest BCUT2D eigenvalue weighted by atomic mass is 10.0. The van der Waals surface area contributed by atoms with Crippen molar-refractivity contribution in [3.8, 4) is 11.1 Å². The molecule has 1 aliphatic rings. The molecule has 0 aliphatic carbocycles. The first-order valence-electron chi connectivity index (χ1n) is 10.9. The van der Waals surface area contributed by atoms with E-state index in [9.17, 15) is 17.6 Å². The van der Waals surface area contributed by atoms with Gasteiger partial charge in [0.25, 0.3) is 0 Å². The highest BCUT2D eigenvalue weighted by Crippen LogP contribution is 2.32. The topological polar surface area (TPSA) is 89.8 Å². The number of aromatic nitrogens is 3. The van der Waals surface area contributed by atoms with Crippen LogP contribution < -0.4 is 10.3 Å². The van der Waals surface area contributed by atoms with Crippen LogP contribution in [0.25, 0.3) is 11.1 Å². The van der Waals surface area contributed by atoms with Gasteiger partial charge in [0, 0.05) is 38.9 Å². The Morgan fingerprint density at radius 2 is 1.83 bits per heavy atom.